The molecule has 1 amide bonds. The molecule has 0 spiro atoms. The minimum Gasteiger partial charge on any atom is -0.495 e. The fraction of sp³-hybridized carbons (Fsp3) is 0.500. The number of hydrogen-bond donors (Lipinski definition) is 1. The maximum absolute atomic E-state index is 10.8. The first-order chi connectivity index (χ1) is 15.9. The van der Waals surface area contributed by atoms with Gasteiger partial charge in [0.05, 0.1) is 24.4 Å². The summed E-state index contributed by atoms with van der Waals surface area (Å²) < 4.78 is 7.29. The highest BCUT2D eigenvalue weighted by Crippen LogP contribution is 2.33. The zero-order chi connectivity index (χ0) is 23.5. The average molecular weight is 452 g/mol. The number of fused-ring (bicyclic) bond motifs is 2. The van der Waals surface area contributed by atoms with E-state index < -0.39 is 0 Å². The molecular weight excluding hydrogens is 418 g/mol. The van der Waals surface area contributed by atoms with Crippen LogP contribution < -0.4 is 10.1 Å². The SMILES string of the molecule is CC(=O)N1CCC[C@@H]1C.COc1cc2c(cc1Nc1ncc3cnn(C)c3n1)CN(C)CC2. The number of likely N-dealkylation sites (tertiary alicyclic amines) is 1. The second-order valence-electron chi connectivity index (χ2n) is 8.88. The summed E-state index contributed by atoms with van der Waals surface area (Å²) in [5, 5.41) is 8.41. The van der Waals surface area contributed by atoms with Gasteiger partial charge >= 0.3 is 0 Å². The summed E-state index contributed by atoms with van der Waals surface area (Å²) in [5.41, 5.74) is 4.34. The Labute approximate surface area is 194 Å². The van der Waals surface area contributed by atoms with Crippen LogP contribution in [-0.2, 0) is 24.8 Å². The molecule has 4 heterocycles. The lowest BCUT2D eigenvalue weighted by atomic mass is 9.99. The van der Waals surface area contributed by atoms with Gasteiger partial charge in [-0.1, -0.05) is 0 Å². The summed E-state index contributed by atoms with van der Waals surface area (Å²) in [5.74, 6) is 1.57. The highest BCUT2D eigenvalue weighted by atomic mass is 16.5. The van der Waals surface area contributed by atoms with Crippen LogP contribution in [0.5, 0.6) is 5.75 Å². The molecule has 1 aromatic carbocycles. The van der Waals surface area contributed by atoms with Crippen molar-refractivity contribution in [3.63, 3.8) is 0 Å². The average Bonchev–Trinajstić information content (AvgIpc) is 3.39. The molecule has 0 saturated carbocycles. The summed E-state index contributed by atoms with van der Waals surface area (Å²) in [4.78, 5) is 24.0. The maximum atomic E-state index is 10.8. The molecule has 33 heavy (non-hydrogen) atoms. The number of benzene rings is 1. The van der Waals surface area contributed by atoms with Gasteiger partial charge in [-0.25, -0.2) is 4.98 Å². The number of methoxy groups -OCH3 is 1. The molecule has 0 bridgehead atoms. The second kappa shape index (κ2) is 9.74. The Balaban J connectivity index is 0.000000243. The van der Waals surface area contributed by atoms with E-state index in [1.807, 2.05) is 11.9 Å². The fourth-order valence-corrected chi connectivity index (χ4v) is 4.51. The van der Waals surface area contributed by atoms with Crippen molar-refractivity contribution >= 4 is 28.6 Å². The molecule has 0 radical (unpaired) electrons. The Bertz CT molecular complexity index is 1140. The van der Waals surface area contributed by atoms with Crippen LogP contribution in [0.4, 0.5) is 11.6 Å². The standard InChI is InChI=1S/C17H20N6O.C7H13NO/c1-22-5-4-11-7-15(24-3)14(6-12(11)10-22)20-17-18-8-13-9-19-23(2)16(13)21-17;1-6-4-3-5-8(6)7(2)9/h6-9H,4-5,10H2,1-3H3,(H,18,20,21);6H,3-5H2,1-2H3/t;6-/m.0/s1. The Morgan fingerprint density at radius 1 is 1.18 bits per heavy atom. The summed E-state index contributed by atoms with van der Waals surface area (Å²) in [6.07, 6.45) is 6.94. The van der Waals surface area contributed by atoms with Crippen molar-refractivity contribution in [3.05, 3.63) is 35.7 Å². The van der Waals surface area contributed by atoms with E-state index in [1.165, 1.54) is 24.0 Å². The predicted molar refractivity (Wildman–Crippen MR) is 129 cm³/mol. The van der Waals surface area contributed by atoms with Crippen LogP contribution in [0.3, 0.4) is 0 Å². The lowest BCUT2D eigenvalue weighted by molar-refractivity contribution is -0.129. The van der Waals surface area contributed by atoms with Gasteiger partial charge in [-0.15, -0.1) is 0 Å². The van der Waals surface area contributed by atoms with E-state index in [0.717, 1.165) is 48.5 Å². The van der Waals surface area contributed by atoms with Crippen LogP contribution in [0.15, 0.2) is 24.5 Å². The van der Waals surface area contributed by atoms with E-state index in [-0.39, 0.29) is 5.91 Å². The first-order valence-corrected chi connectivity index (χ1v) is 11.4. The molecule has 9 nitrogen and oxygen atoms in total. The van der Waals surface area contributed by atoms with Gasteiger partial charge in [0.1, 0.15) is 5.75 Å². The summed E-state index contributed by atoms with van der Waals surface area (Å²) in [6.45, 7) is 6.73. The van der Waals surface area contributed by atoms with Crippen molar-refractivity contribution in [2.45, 2.75) is 45.7 Å². The second-order valence-corrected chi connectivity index (χ2v) is 8.88. The number of nitrogens with zero attached hydrogens (tertiary/aromatic N) is 6. The summed E-state index contributed by atoms with van der Waals surface area (Å²) >= 11 is 0. The predicted octanol–water partition coefficient (Wildman–Crippen LogP) is 3.12. The smallest absolute Gasteiger partial charge is 0.229 e. The molecule has 1 N–H and O–H groups in total. The van der Waals surface area contributed by atoms with Crippen LogP contribution >= 0.6 is 0 Å². The molecular formula is C24H33N7O2. The molecule has 1 fully saturated rings. The van der Waals surface area contributed by atoms with Gasteiger partial charge in [0.15, 0.2) is 5.65 Å². The van der Waals surface area contributed by atoms with Gasteiger partial charge in [0, 0.05) is 45.8 Å². The van der Waals surface area contributed by atoms with Crippen molar-refractivity contribution in [2.75, 3.05) is 32.6 Å². The Morgan fingerprint density at radius 2 is 2.00 bits per heavy atom. The number of aryl methyl sites for hydroxylation is 1. The third-order valence-corrected chi connectivity index (χ3v) is 6.40. The van der Waals surface area contributed by atoms with E-state index in [1.54, 1.807) is 31.1 Å². The highest BCUT2D eigenvalue weighted by Gasteiger charge is 2.21. The van der Waals surface area contributed by atoms with Gasteiger partial charge < -0.3 is 19.9 Å². The van der Waals surface area contributed by atoms with Crippen LogP contribution in [0.2, 0.25) is 0 Å². The maximum Gasteiger partial charge on any atom is 0.229 e. The zero-order valence-corrected chi connectivity index (χ0v) is 20.1. The van der Waals surface area contributed by atoms with E-state index in [0.29, 0.717) is 12.0 Å². The minimum atomic E-state index is 0.222. The zero-order valence-electron chi connectivity index (χ0n) is 20.1. The first-order valence-electron chi connectivity index (χ1n) is 11.4. The number of nitrogens with one attached hydrogen (secondary N) is 1. The third-order valence-electron chi connectivity index (χ3n) is 6.40. The molecule has 1 atom stereocenters. The molecule has 2 aromatic heterocycles. The monoisotopic (exact) mass is 451 g/mol. The molecule has 0 aliphatic carbocycles. The number of likely N-dealkylation sites (N-methyl/N-ethyl adjacent to an activating group) is 1. The summed E-state index contributed by atoms with van der Waals surface area (Å²) in [7, 11) is 5.70. The van der Waals surface area contributed by atoms with Gasteiger partial charge in [0.2, 0.25) is 11.9 Å². The van der Waals surface area contributed by atoms with Crippen molar-refractivity contribution < 1.29 is 9.53 Å². The molecule has 1 saturated heterocycles. The van der Waals surface area contributed by atoms with E-state index >= 15 is 0 Å². The normalized spacial score (nSPS) is 18.0. The number of carbonyl (C=O) groups excluding carboxylic acids is 1. The number of aromatic nitrogens is 4. The van der Waals surface area contributed by atoms with Crippen LogP contribution in [0, 0.1) is 0 Å². The minimum absolute atomic E-state index is 0.222. The molecule has 2 aliphatic heterocycles. The Hall–Kier alpha value is -3.20. The molecule has 176 valence electrons. The van der Waals surface area contributed by atoms with Crippen molar-refractivity contribution in [1.29, 1.82) is 0 Å². The van der Waals surface area contributed by atoms with Gasteiger partial charge in [-0.3, -0.25) is 9.48 Å². The number of amides is 1. The molecule has 5 rings (SSSR count). The largest absolute Gasteiger partial charge is 0.495 e. The van der Waals surface area contributed by atoms with Crippen LogP contribution in [-0.4, -0.2) is 68.7 Å². The van der Waals surface area contributed by atoms with E-state index in [2.05, 4.69) is 51.4 Å². The molecule has 2 aliphatic rings. The van der Waals surface area contributed by atoms with Crippen LogP contribution in [0.25, 0.3) is 11.0 Å². The first kappa shape index (κ1) is 23.0. The quantitative estimate of drug-likeness (QED) is 0.654. The van der Waals surface area contributed by atoms with E-state index in [9.17, 15) is 4.79 Å². The number of carbonyl (C=O) groups is 1. The van der Waals surface area contributed by atoms with Crippen molar-refractivity contribution in [1.82, 2.24) is 29.5 Å². The number of anilines is 2. The topological polar surface area (TPSA) is 88.4 Å². The molecule has 9 heteroatoms. The van der Waals surface area contributed by atoms with Gasteiger partial charge in [-0.05, 0) is 56.5 Å². The number of hydrogen-bond acceptors (Lipinski definition) is 7. The number of rotatable bonds is 3. The van der Waals surface area contributed by atoms with Crippen molar-refractivity contribution in [3.8, 4) is 5.75 Å². The Kier molecular flexibility index (Phi) is 6.78. The lowest BCUT2D eigenvalue weighted by Gasteiger charge is -2.26. The highest BCUT2D eigenvalue weighted by molar-refractivity contribution is 5.76. The van der Waals surface area contributed by atoms with Gasteiger partial charge in [0.25, 0.3) is 0 Å². The molecule has 0 unspecified atom stereocenters. The fourth-order valence-electron chi connectivity index (χ4n) is 4.51. The Morgan fingerprint density at radius 3 is 2.67 bits per heavy atom. The van der Waals surface area contributed by atoms with Gasteiger partial charge in [-0.2, -0.15) is 10.1 Å². The van der Waals surface area contributed by atoms with Crippen molar-refractivity contribution in [2.24, 2.45) is 7.05 Å². The number of ether oxygens (including phenoxy) is 1. The lowest BCUT2D eigenvalue weighted by Crippen LogP contribution is -2.31. The molecule has 3 aromatic rings. The third kappa shape index (κ3) is 5.08. The van der Waals surface area contributed by atoms with Crippen LogP contribution in [0.1, 0.15) is 37.8 Å². The van der Waals surface area contributed by atoms with E-state index in [4.69, 9.17) is 4.74 Å². The summed E-state index contributed by atoms with van der Waals surface area (Å²) in [6, 6.07) is 4.75.